The van der Waals surface area contributed by atoms with E-state index in [1.54, 1.807) is 30.3 Å². The van der Waals surface area contributed by atoms with E-state index in [1.807, 2.05) is 31.2 Å². The number of hydrogen-bond donors (Lipinski definition) is 1. The van der Waals surface area contributed by atoms with E-state index in [0.29, 0.717) is 15.0 Å². The Morgan fingerprint density at radius 3 is 2.46 bits per heavy atom. The number of thioether (sulfide) groups is 1. The van der Waals surface area contributed by atoms with Gasteiger partial charge in [-0.15, -0.1) is 0 Å². The van der Waals surface area contributed by atoms with Crippen molar-refractivity contribution < 1.29 is 14.3 Å². The molecule has 1 aliphatic rings. The van der Waals surface area contributed by atoms with Gasteiger partial charge in [-0.3, -0.25) is 14.5 Å². The van der Waals surface area contributed by atoms with Crippen LogP contribution in [0.1, 0.15) is 11.1 Å². The van der Waals surface area contributed by atoms with Gasteiger partial charge >= 0.3 is 0 Å². The van der Waals surface area contributed by atoms with Crippen LogP contribution in [-0.4, -0.2) is 22.7 Å². The van der Waals surface area contributed by atoms with Crippen molar-refractivity contribution in [2.75, 3.05) is 11.5 Å². The minimum Gasteiger partial charge on any atom is -0.484 e. The van der Waals surface area contributed by atoms with Crippen molar-refractivity contribution in [3.8, 4) is 5.75 Å². The van der Waals surface area contributed by atoms with Gasteiger partial charge < -0.3 is 10.5 Å². The van der Waals surface area contributed by atoms with E-state index in [9.17, 15) is 9.59 Å². The van der Waals surface area contributed by atoms with Gasteiger partial charge in [-0.2, -0.15) is 0 Å². The number of thiocarbonyl (C=S) groups is 1. The molecule has 2 aromatic carbocycles. The average molecular weight is 384 g/mol. The fourth-order valence-electron chi connectivity index (χ4n) is 2.35. The lowest BCUT2D eigenvalue weighted by molar-refractivity contribution is -0.120. The Kier molecular flexibility index (Phi) is 5.39. The van der Waals surface area contributed by atoms with Gasteiger partial charge in [-0.1, -0.05) is 53.8 Å². The highest BCUT2D eigenvalue weighted by Gasteiger charge is 2.33. The lowest BCUT2D eigenvalue weighted by Crippen LogP contribution is -2.27. The Morgan fingerprint density at radius 1 is 1.19 bits per heavy atom. The normalized spacial score (nSPS) is 15.6. The molecular formula is C19H16N2O3S2. The lowest BCUT2D eigenvalue weighted by atomic mass is 10.2. The fraction of sp³-hybridized carbons (Fsp3) is 0.105. The number of carbonyl (C=O) groups excluding carboxylic acids is 2. The molecule has 1 heterocycles. The number of primary amides is 1. The van der Waals surface area contributed by atoms with Gasteiger partial charge in [-0.25, -0.2) is 0 Å². The molecule has 2 aromatic rings. The summed E-state index contributed by atoms with van der Waals surface area (Å²) in [5.41, 5.74) is 7.76. The Bertz CT molecular complexity index is 890. The van der Waals surface area contributed by atoms with E-state index < -0.39 is 5.91 Å². The monoisotopic (exact) mass is 384 g/mol. The molecule has 0 atom stereocenters. The molecule has 3 rings (SSSR count). The third kappa shape index (κ3) is 4.12. The highest BCUT2D eigenvalue weighted by Crippen LogP contribution is 2.36. The van der Waals surface area contributed by atoms with Crippen molar-refractivity contribution >= 4 is 51.9 Å². The predicted molar refractivity (Wildman–Crippen MR) is 108 cm³/mol. The number of carbonyl (C=O) groups is 2. The van der Waals surface area contributed by atoms with Crippen LogP contribution in [0.4, 0.5) is 5.69 Å². The first-order chi connectivity index (χ1) is 12.4. The number of amides is 2. The first kappa shape index (κ1) is 18.2. The summed E-state index contributed by atoms with van der Waals surface area (Å²) in [7, 11) is 0. The SMILES string of the molecule is Cc1ccc(N2C(=O)/C(=C\c3ccc(OCC(N)=O)cc3)SC2=S)cc1. The van der Waals surface area contributed by atoms with Crippen molar-refractivity contribution in [3.63, 3.8) is 0 Å². The van der Waals surface area contributed by atoms with Crippen molar-refractivity contribution in [2.45, 2.75) is 6.92 Å². The summed E-state index contributed by atoms with van der Waals surface area (Å²) in [6.07, 6.45) is 1.78. The molecule has 2 amide bonds. The quantitative estimate of drug-likeness (QED) is 0.633. The van der Waals surface area contributed by atoms with Gasteiger partial charge in [0.15, 0.2) is 10.9 Å². The molecule has 0 spiro atoms. The summed E-state index contributed by atoms with van der Waals surface area (Å²) in [6.45, 7) is 1.82. The van der Waals surface area contributed by atoms with Crippen LogP contribution in [0.5, 0.6) is 5.75 Å². The highest BCUT2D eigenvalue weighted by atomic mass is 32.2. The molecule has 0 radical (unpaired) electrons. The second-order valence-electron chi connectivity index (χ2n) is 5.68. The second kappa shape index (κ2) is 7.72. The Morgan fingerprint density at radius 2 is 1.85 bits per heavy atom. The average Bonchev–Trinajstić information content (AvgIpc) is 2.89. The van der Waals surface area contributed by atoms with E-state index >= 15 is 0 Å². The number of nitrogens with two attached hydrogens (primary N) is 1. The standard InChI is InChI=1S/C19H16N2O3S2/c1-12-2-6-14(7-3-12)21-18(23)16(26-19(21)25)10-13-4-8-15(9-5-13)24-11-17(20)22/h2-10H,11H2,1H3,(H2,20,22)/b16-10+. The van der Waals surface area contributed by atoms with Gasteiger partial charge in [0, 0.05) is 0 Å². The lowest BCUT2D eigenvalue weighted by Gasteiger charge is -2.14. The van der Waals surface area contributed by atoms with Crippen LogP contribution in [0, 0.1) is 6.92 Å². The number of rotatable bonds is 5. The molecular weight excluding hydrogens is 368 g/mol. The van der Waals surface area contributed by atoms with E-state index in [4.69, 9.17) is 22.7 Å². The maximum absolute atomic E-state index is 12.7. The molecule has 132 valence electrons. The fourth-order valence-corrected chi connectivity index (χ4v) is 3.65. The van der Waals surface area contributed by atoms with Crippen LogP contribution in [-0.2, 0) is 9.59 Å². The van der Waals surface area contributed by atoms with Crippen LogP contribution >= 0.6 is 24.0 Å². The second-order valence-corrected chi connectivity index (χ2v) is 7.35. The van der Waals surface area contributed by atoms with Crippen molar-refractivity contribution in [3.05, 3.63) is 64.6 Å². The maximum Gasteiger partial charge on any atom is 0.270 e. The third-order valence-corrected chi connectivity index (χ3v) is 4.95. The molecule has 2 N–H and O–H groups in total. The van der Waals surface area contributed by atoms with Crippen LogP contribution in [0.2, 0.25) is 0 Å². The zero-order chi connectivity index (χ0) is 18.7. The van der Waals surface area contributed by atoms with Crippen LogP contribution < -0.4 is 15.4 Å². The largest absolute Gasteiger partial charge is 0.484 e. The summed E-state index contributed by atoms with van der Waals surface area (Å²) < 4.78 is 5.72. The van der Waals surface area contributed by atoms with Gasteiger partial charge in [0.1, 0.15) is 5.75 Å². The molecule has 1 saturated heterocycles. The number of aryl methyl sites for hydroxylation is 1. The molecule has 0 unspecified atom stereocenters. The van der Waals surface area contributed by atoms with E-state index in [1.165, 1.54) is 16.7 Å². The molecule has 26 heavy (non-hydrogen) atoms. The summed E-state index contributed by atoms with van der Waals surface area (Å²) in [5.74, 6) is -0.139. The number of anilines is 1. The minimum absolute atomic E-state index is 0.141. The first-order valence-corrected chi connectivity index (χ1v) is 9.02. The number of ether oxygens (including phenoxy) is 1. The molecule has 1 fully saturated rings. The molecule has 0 saturated carbocycles. The Hall–Kier alpha value is -2.64. The van der Waals surface area contributed by atoms with Crippen LogP contribution in [0.3, 0.4) is 0 Å². The molecule has 5 nitrogen and oxygen atoms in total. The third-order valence-electron chi connectivity index (χ3n) is 3.64. The van der Waals surface area contributed by atoms with Gasteiger partial charge in [0.2, 0.25) is 0 Å². The molecule has 0 aromatic heterocycles. The summed E-state index contributed by atoms with van der Waals surface area (Å²) in [5, 5.41) is 0. The molecule has 1 aliphatic heterocycles. The zero-order valence-corrected chi connectivity index (χ0v) is 15.6. The molecule has 7 heteroatoms. The highest BCUT2D eigenvalue weighted by molar-refractivity contribution is 8.27. The predicted octanol–water partition coefficient (Wildman–Crippen LogP) is 3.26. The summed E-state index contributed by atoms with van der Waals surface area (Å²) >= 11 is 6.64. The topological polar surface area (TPSA) is 72.6 Å². The van der Waals surface area contributed by atoms with Gasteiger partial charge in [0.25, 0.3) is 11.8 Å². The summed E-state index contributed by atoms with van der Waals surface area (Å²) in [4.78, 5) is 25.6. The molecule has 0 aliphatic carbocycles. The van der Waals surface area contributed by atoms with Crippen molar-refractivity contribution in [2.24, 2.45) is 5.73 Å². The van der Waals surface area contributed by atoms with E-state index in [2.05, 4.69) is 0 Å². The van der Waals surface area contributed by atoms with Gasteiger partial charge in [0.05, 0.1) is 10.6 Å². The molecule has 0 bridgehead atoms. The first-order valence-electron chi connectivity index (χ1n) is 7.80. The number of nitrogens with zero attached hydrogens (tertiary/aromatic N) is 1. The van der Waals surface area contributed by atoms with E-state index in [-0.39, 0.29) is 12.5 Å². The Labute approximate surface area is 160 Å². The number of hydrogen-bond acceptors (Lipinski definition) is 5. The van der Waals surface area contributed by atoms with E-state index in [0.717, 1.165) is 16.8 Å². The van der Waals surface area contributed by atoms with Crippen LogP contribution in [0.15, 0.2) is 53.4 Å². The minimum atomic E-state index is -0.533. The smallest absolute Gasteiger partial charge is 0.270 e. The van der Waals surface area contributed by atoms with Crippen molar-refractivity contribution in [1.29, 1.82) is 0 Å². The zero-order valence-electron chi connectivity index (χ0n) is 14.0. The van der Waals surface area contributed by atoms with Crippen molar-refractivity contribution in [1.82, 2.24) is 0 Å². The maximum atomic E-state index is 12.7. The van der Waals surface area contributed by atoms with Gasteiger partial charge in [-0.05, 0) is 42.8 Å². The number of benzene rings is 2. The Balaban J connectivity index is 1.77. The summed E-state index contributed by atoms with van der Waals surface area (Å²) in [6, 6.07) is 14.7. The van der Waals surface area contributed by atoms with Crippen LogP contribution in [0.25, 0.3) is 6.08 Å².